The minimum Gasteiger partial charge on any atom is -0.363 e. The minimum absolute atomic E-state index is 0.381. The number of hydrogen-bond acceptors (Lipinski definition) is 2. The first-order valence-corrected chi connectivity index (χ1v) is 7.59. The molecule has 0 saturated heterocycles. The lowest BCUT2D eigenvalue weighted by atomic mass is 10.9. The predicted octanol–water partition coefficient (Wildman–Crippen LogP) is 1.90. The first-order valence-electron chi connectivity index (χ1n) is 2.78. The van der Waals surface area contributed by atoms with Gasteiger partial charge in [-0.15, -0.1) is 0 Å². The van der Waals surface area contributed by atoms with Crippen LogP contribution in [0.2, 0.25) is 0 Å². The van der Waals surface area contributed by atoms with Crippen LogP contribution in [0, 0.1) is 0 Å². The van der Waals surface area contributed by atoms with Crippen molar-refractivity contribution in [1.29, 1.82) is 0 Å². The predicted molar refractivity (Wildman–Crippen MR) is 44.1 cm³/mol. The molecule has 0 unspecified atom stereocenters. The van der Waals surface area contributed by atoms with Gasteiger partial charge in [-0.1, -0.05) is 0 Å². The van der Waals surface area contributed by atoms with Crippen molar-refractivity contribution in [3.63, 3.8) is 0 Å². The van der Waals surface area contributed by atoms with Crippen molar-refractivity contribution in [1.82, 2.24) is 0 Å². The maximum atomic E-state index is 12.8. The Morgan fingerprint density at radius 1 is 1.33 bits per heavy atom. The molecule has 0 aliphatic rings. The zero-order valence-electron chi connectivity index (χ0n) is 5.49. The van der Waals surface area contributed by atoms with Gasteiger partial charge in [-0.25, -0.2) is 4.11 Å². The lowest BCUT2D eigenvalue weighted by molar-refractivity contribution is 0.172. The second-order valence-electron chi connectivity index (χ2n) is 1.33. The SMILES string of the molecule is CCO[Si](F)(I)OCC. The smallest absolute Gasteiger partial charge is 0.363 e. The van der Waals surface area contributed by atoms with Gasteiger partial charge in [0.1, 0.15) is 0 Å². The molecule has 0 aliphatic heterocycles. The molecule has 2 nitrogen and oxygen atoms in total. The van der Waals surface area contributed by atoms with Crippen molar-refractivity contribution in [2.45, 2.75) is 13.8 Å². The summed E-state index contributed by atoms with van der Waals surface area (Å²) in [6.45, 7) is 4.26. The van der Waals surface area contributed by atoms with Crippen LogP contribution in [0.25, 0.3) is 0 Å². The van der Waals surface area contributed by atoms with Gasteiger partial charge >= 0.3 is 6.39 Å². The van der Waals surface area contributed by atoms with E-state index in [1.165, 1.54) is 0 Å². The third kappa shape index (κ3) is 5.25. The Hall–Kier alpha value is 0.797. The molecule has 0 heterocycles. The molecule has 0 bridgehead atoms. The lowest BCUT2D eigenvalue weighted by Gasteiger charge is -2.12. The third-order valence-electron chi connectivity index (χ3n) is 0.625. The first-order chi connectivity index (χ1) is 4.12. The van der Waals surface area contributed by atoms with Crippen LogP contribution in [0.1, 0.15) is 13.8 Å². The molecule has 0 aromatic heterocycles. The van der Waals surface area contributed by atoms with E-state index in [1.807, 2.05) is 0 Å². The molecule has 0 atom stereocenters. The van der Waals surface area contributed by atoms with Gasteiger partial charge in [-0.3, -0.25) is 0 Å². The number of halogens is 2. The quantitative estimate of drug-likeness (QED) is 0.438. The topological polar surface area (TPSA) is 18.5 Å². The number of hydrogen-bond donors (Lipinski definition) is 0. The molecule has 0 N–H and O–H groups in total. The van der Waals surface area contributed by atoms with Gasteiger partial charge < -0.3 is 8.85 Å². The van der Waals surface area contributed by atoms with Crippen molar-refractivity contribution in [3.05, 3.63) is 0 Å². The molecule has 0 spiro atoms. The highest BCUT2D eigenvalue weighted by Crippen LogP contribution is 2.16. The highest BCUT2D eigenvalue weighted by molar-refractivity contribution is 14.1. The third-order valence-corrected chi connectivity index (χ3v) is 3.74. The fourth-order valence-electron chi connectivity index (χ4n) is 0.378. The molecular weight excluding hydrogens is 254 g/mol. The summed E-state index contributed by atoms with van der Waals surface area (Å²) in [4.78, 5) is 0. The van der Waals surface area contributed by atoms with E-state index >= 15 is 0 Å². The molecule has 5 heteroatoms. The molecule has 0 aromatic carbocycles. The van der Waals surface area contributed by atoms with E-state index in [0.29, 0.717) is 13.2 Å². The zero-order chi connectivity index (χ0) is 7.33. The van der Waals surface area contributed by atoms with Crippen molar-refractivity contribution < 1.29 is 13.0 Å². The standard InChI is InChI=1S/C4H10FIO2Si/c1-3-7-9(5,6)8-4-2/h3-4H2,1-2H3. The van der Waals surface area contributed by atoms with Gasteiger partial charge in [0.15, 0.2) is 0 Å². The summed E-state index contributed by atoms with van der Waals surface area (Å²) in [5.74, 6) is 0. The van der Waals surface area contributed by atoms with E-state index in [1.54, 1.807) is 35.6 Å². The molecule has 0 radical (unpaired) electrons. The summed E-state index contributed by atoms with van der Waals surface area (Å²) < 4.78 is 22.2. The highest BCUT2D eigenvalue weighted by Gasteiger charge is 2.35. The van der Waals surface area contributed by atoms with Gasteiger partial charge in [-0.05, 0) is 35.6 Å². The maximum Gasteiger partial charge on any atom is 0.610 e. The van der Waals surface area contributed by atoms with Crippen molar-refractivity contribution >= 4 is 28.2 Å². The second-order valence-corrected chi connectivity index (χ2v) is 6.70. The Morgan fingerprint density at radius 2 is 1.67 bits per heavy atom. The van der Waals surface area contributed by atoms with E-state index < -0.39 is 6.39 Å². The van der Waals surface area contributed by atoms with Gasteiger partial charge in [0.05, 0.1) is 0 Å². The lowest BCUT2D eigenvalue weighted by Crippen LogP contribution is -2.29. The fourth-order valence-corrected chi connectivity index (χ4v) is 3.00. The molecule has 0 fully saturated rings. The van der Waals surface area contributed by atoms with Gasteiger partial charge in [0.2, 0.25) is 0 Å². The molecule has 0 aliphatic carbocycles. The Morgan fingerprint density at radius 3 is 1.89 bits per heavy atom. The van der Waals surface area contributed by atoms with Gasteiger partial charge in [0, 0.05) is 13.2 Å². The molecular formula is C4H10FIO2Si. The Balaban J connectivity index is 3.43. The van der Waals surface area contributed by atoms with E-state index in [2.05, 4.69) is 0 Å². The van der Waals surface area contributed by atoms with Crippen LogP contribution in [0.3, 0.4) is 0 Å². The zero-order valence-corrected chi connectivity index (χ0v) is 8.64. The molecule has 0 aromatic rings. The van der Waals surface area contributed by atoms with Crippen LogP contribution >= 0.6 is 21.8 Å². The summed E-state index contributed by atoms with van der Waals surface area (Å²) in [6, 6.07) is 0. The normalized spacial score (nSPS) is 12.0. The van der Waals surface area contributed by atoms with E-state index in [0.717, 1.165) is 0 Å². The van der Waals surface area contributed by atoms with Crippen molar-refractivity contribution in [3.8, 4) is 0 Å². The van der Waals surface area contributed by atoms with E-state index in [-0.39, 0.29) is 0 Å². The van der Waals surface area contributed by atoms with E-state index in [4.69, 9.17) is 8.85 Å². The number of rotatable bonds is 4. The van der Waals surface area contributed by atoms with E-state index in [9.17, 15) is 4.11 Å². The molecule has 9 heavy (non-hydrogen) atoms. The minimum atomic E-state index is -3.23. The van der Waals surface area contributed by atoms with Gasteiger partial charge in [0.25, 0.3) is 0 Å². The average Bonchev–Trinajstić information content (AvgIpc) is 1.64. The molecule has 56 valence electrons. The van der Waals surface area contributed by atoms with Crippen LogP contribution in [0.4, 0.5) is 4.11 Å². The summed E-state index contributed by atoms with van der Waals surface area (Å²) >= 11 is 1.60. The fraction of sp³-hybridized carbons (Fsp3) is 1.00. The Labute approximate surface area is 68.4 Å². The molecule has 0 amide bonds. The van der Waals surface area contributed by atoms with Crippen LogP contribution < -0.4 is 0 Å². The van der Waals surface area contributed by atoms with Crippen LogP contribution in [-0.2, 0) is 8.85 Å². The molecule has 0 rings (SSSR count). The summed E-state index contributed by atoms with van der Waals surface area (Å²) in [7, 11) is 0. The van der Waals surface area contributed by atoms with Crippen LogP contribution in [0.5, 0.6) is 0 Å². The Bertz CT molecular complexity index is 73.0. The monoisotopic (exact) mass is 264 g/mol. The molecule has 0 saturated carbocycles. The maximum absolute atomic E-state index is 12.8. The average molecular weight is 264 g/mol. The van der Waals surface area contributed by atoms with Crippen molar-refractivity contribution in [2.75, 3.05) is 13.2 Å². The largest absolute Gasteiger partial charge is 0.610 e. The second kappa shape index (κ2) is 4.59. The first kappa shape index (κ1) is 9.80. The summed E-state index contributed by atoms with van der Waals surface area (Å²) in [5.41, 5.74) is 0. The van der Waals surface area contributed by atoms with Crippen LogP contribution in [-0.4, -0.2) is 19.6 Å². The Kier molecular flexibility index (Phi) is 4.99. The highest BCUT2D eigenvalue weighted by atomic mass is 127. The summed E-state index contributed by atoms with van der Waals surface area (Å²) in [6.07, 6.45) is -3.23. The van der Waals surface area contributed by atoms with Crippen LogP contribution in [0.15, 0.2) is 0 Å². The van der Waals surface area contributed by atoms with Crippen molar-refractivity contribution in [2.24, 2.45) is 0 Å². The van der Waals surface area contributed by atoms with Gasteiger partial charge in [-0.2, -0.15) is 0 Å². The summed E-state index contributed by atoms with van der Waals surface area (Å²) in [5, 5.41) is 0.